The maximum atomic E-state index is 13.8. The first kappa shape index (κ1) is 12.3. The van der Waals surface area contributed by atoms with Crippen LogP contribution >= 0.6 is 0 Å². The molecule has 5 heteroatoms. The summed E-state index contributed by atoms with van der Waals surface area (Å²) in [6, 6.07) is 10.2. The predicted molar refractivity (Wildman–Crippen MR) is 78.4 cm³/mol. The number of benzene rings is 2. The van der Waals surface area contributed by atoms with Crippen LogP contribution in [-0.4, -0.2) is 9.97 Å². The van der Waals surface area contributed by atoms with E-state index in [-0.39, 0.29) is 5.82 Å². The Kier molecular flexibility index (Phi) is 2.95. The van der Waals surface area contributed by atoms with Gasteiger partial charge in [0, 0.05) is 11.1 Å². The fourth-order valence-corrected chi connectivity index (χ4v) is 2.04. The quantitative estimate of drug-likeness (QED) is 0.699. The second kappa shape index (κ2) is 4.77. The Labute approximate surface area is 115 Å². The molecule has 3 aromatic rings. The highest BCUT2D eigenvalue weighted by Crippen LogP contribution is 2.26. The van der Waals surface area contributed by atoms with Crippen LogP contribution in [0, 0.1) is 12.7 Å². The van der Waals surface area contributed by atoms with E-state index >= 15 is 0 Å². The lowest BCUT2D eigenvalue weighted by Crippen LogP contribution is -1.99. The van der Waals surface area contributed by atoms with E-state index in [4.69, 9.17) is 5.73 Å². The Hall–Kier alpha value is -2.69. The Morgan fingerprint density at radius 2 is 1.95 bits per heavy atom. The van der Waals surface area contributed by atoms with Crippen molar-refractivity contribution in [1.82, 2.24) is 9.97 Å². The number of nitrogens with two attached hydrogens (primary N) is 1. The van der Waals surface area contributed by atoms with Crippen LogP contribution in [0.5, 0.6) is 0 Å². The number of nitrogen functional groups attached to an aromatic ring is 1. The first-order valence-corrected chi connectivity index (χ1v) is 6.17. The van der Waals surface area contributed by atoms with Gasteiger partial charge in [-0.3, -0.25) is 0 Å². The average molecular weight is 268 g/mol. The summed E-state index contributed by atoms with van der Waals surface area (Å²) in [6.07, 6.45) is 1.43. The summed E-state index contributed by atoms with van der Waals surface area (Å²) in [6.45, 7) is 1.91. The van der Waals surface area contributed by atoms with Gasteiger partial charge in [0.25, 0.3) is 0 Å². The van der Waals surface area contributed by atoms with Crippen molar-refractivity contribution in [3.63, 3.8) is 0 Å². The van der Waals surface area contributed by atoms with Gasteiger partial charge in [0.05, 0.1) is 11.2 Å². The standard InChI is InChI=1S/C15H13FN4/c1-9-2-5-12(16)14(6-9)20-15-11-4-3-10(17)7-13(11)18-8-19-15/h2-8H,17H2,1H3,(H,18,19,20). The van der Waals surface area contributed by atoms with Gasteiger partial charge in [-0.25, -0.2) is 14.4 Å². The molecule has 0 saturated heterocycles. The molecule has 0 bridgehead atoms. The van der Waals surface area contributed by atoms with Gasteiger partial charge in [0.2, 0.25) is 0 Å². The zero-order chi connectivity index (χ0) is 14.1. The van der Waals surface area contributed by atoms with Gasteiger partial charge in [-0.15, -0.1) is 0 Å². The lowest BCUT2D eigenvalue weighted by molar-refractivity contribution is 0.631. The molecule has 3 N–H and O–H groups in total. The summed E-state index contributed by atoms with van der Waals surface area (Å²) < 4.78 is 13.8. The van der Waals surface area contributed by atoms with E-state index in [1.54, 1.807) is 24.3 Å². The van der Waals surface area contributed by atoms with Crippen molar-refractivity contribution in [2.45, 2.75) is 6.92 Å². The fourth-order valence-electron chi connectivity index (χ4n) is 2.04. The summed E-state index contributed by atoms with van der Waals surface area (Å²) in [5, 5.41) is 3.80. The molecule has 1 heterocycles. The van der Waals surface area contributed by atoms with Crippen LogP contribution in [0.3, 0.4) is 0 Å². The monoisotopic (exact) mass is 268 g/mol. The van der Waals surface area contributed by atoms with E-state index in [9.17, 15) is 4.39 Å². The maximum absolute atomic E-state index is 13.8. The molecule has 0 atom stereocenters. The van der Waals surface area contributed by atoms with Gasteiger partial charge in [0.1, 0.15) is 18.0 Å². The zero-order valence-electron chi connectivity index (χ0n) is 10.9. The van der Waals surface area contributed by atoms with Crippen LogP contribution in [0.25, 0.3) is 10.9 Å². The topological polar surface area (TPSA) is 63.8 Å². The molecule has 2 aromatic carbocycles. The number of nitrogens with zero attached hydrogens (tertiary/aromatic N) is 2. The summed E-state index contributed by atoms with van der Waals surface area (Å²) in [5.41, 5.74) is 8.44. The van der Waals surface area contributed by atoms with Crippen molar-refractivity contribution in [1.29, 1.82) is 0 Å². The molecule has 0 aliphatic heterocycles. The molecular formula is C15H13FN4. The van der Waals surface area contributed by atoms with Crippen LogP contribution < -0.4 is 11.1 Å². The van der Waals surface area contributed by atoms with Crippen molar-refractivity contribution < 1.29 is 4.39 Å². The highest BCUT2D eigenvalue weighted by Gasteiger charge is 2.07. The molecule has 0 fully saturated rings. The SMILES string of the molecule is Cc1ccc(F)c(Nc2ncnc3cc(N)ccc23)c1. The minimum Gasteiger partial charge on any atom is -0.399 e. The first-order chi connectivity index (χ1) is 9.63. The fraction of sp³-hybridized carbons (Fsp3) is 0.0667. The van der Waals surface area contributed by atoms with E-state index < -0.39 is 0 Å². The maximum Gasteiger partial charge on any atom is 0.146 e. The molecule has 0 radical (unpaired) electrons. The Morgan fingerprint density at radius 1 is 1.10 bits per heavy atom. The normalized spacial score (nSPS) is 10.7. The molecular weight excluding hydrogens is 255 g/mol. The van der Waals surface area contributed by atoms with E-state index in [1.165, 1.54) is 12.4 Å². The van der Waals surface area contributed by atoms with E-state index in [0.29, 0.717) is 17.2 Å². The van der Waals surface area contributed by atoms with Crippen molar-refractivity contribution in [2.24, 2.45) is 0 Å². The Bertz CT molecular complexity index is 786. The molecule has 0 saturated carbocycles. The van der Waals surface area contributed by atoms with Crippen LogP contribution in [-0.2, 0) is 0 Å². The predicted octanol–water partition coefficient (Wildman–Crippen LogP) is 3.40. The second-order valence-electron chi connectivity index (χ2n) is 4.61. The summed E-state index contributed by atoms with van der Waals surface area (Å²) in [7, 11) is 0. The largest absolute Gasteiger partial charge is 0.399 e. The third-order valence-corrected chi connectivity index (χ3v) is 3.04. The highest BCUT2D eigenvalue weighted by atomic mass is 19.1. The van der Waals surface area contributed by atoms with Crippen molar-refractivity contribution >= 4 is 28.1 Å². The van der Waals surface area contributed by atoms with Crippen molar-refractivity contribution in [2.75, 3.05) is 11.1 Å². The average Bonchev–Trinajstić information content (AvgIpc) is 2.43. The molecule has 0 aliphatic carbocycles. The van der Waals surface area contributed by atoms with E-state index in [1.807, 2.05) is 13.0 Å². The van der Waals surface area contributed by atoms with Crippen LogP contribution in [0.1, 0.15) is 5.56 Å². The number of rotatable bonds is 2. The first-order valence-electron chi connectivity index (χ1n) is 6.17. The number of hydrogen-bond donors (Lipinski definition) is 2. The van der Waals surface area contributed by atoms with Gasteiger partial charge >= 0.3 is 0 Å². The third kappa shape index (κ3) is 2.25. The van der Waals surface area contributed by atoms with Gasteiger partial charge in [-0.1, -0.05) is 6.07 Å². The van der Waals surface area contributed by atoms with Crippen LogP contribution in [0.4, 0.5) is 21.6 Å². The summed E-state index contributed by atoms with van der Waals surface area (Å²) in [4.78, 5) is 8.33. The van der Waals surface area contributed by atoms with Crippen molar-refractivity contribution in [3.8, 4) is 0 Å². The number of aromatic nitrogens is 2. The molecule has 20 heavy (non-hydrogen) atoms. The van der Waals surface area contributed by atoms with Gasteiger partial charge in [-0.05, 0) is 42.8 Å². The Morgan fingerprint density at radius 3 is 2.80 bits per heavy atom. The lowest BCUT2D eigenvalue weighted by Gasteiger charge is -2.10. The lowest BCUT2D eigenvalue weighted by atomic mass is 10.2. The van der Waals surface area contributed by atoms with Gasteiger partial charge < -0.3 is 11.1 Å². The second-order valence-corrected chi connectivity index (χ2v) is 4.61. The van der Waals surface area contributed by atoms with Crippen LogP contribution in [0.2, 0.25) is 0 Å². The van der Waals surface area contributed by atoms with E-state index in [2.05, 4.69) is 15.3 Å². The number of hydrogen-bond acceptors (Lipinski definition) is 4. The zero-order valence-corrected chi connectivity index (χ0v) is 10.9. The van der Waals surface area contributed by atoms with Crippen molar-refractivity contribution in [3.05, 3.63) is 54.1 Å². The minimum atomic E-state index is -0.321. The smallest absolute Gasteiger partial charge is 0.146 e. The van der Waals surface area contributed by atoms with Crippen LogP contribution in [0.15, 0.2) is 42.7 Å². The minimum absolute atomic E-state index is 0.321. The number of nitrogens with one attached hydrogen (secondary N) is 1. The molecule has 0 unspecified atom stereocenters. The molecule has 0 aliphatic rings. The number of fused-ring (bicyclic) bond motifs is 1. The molecule has 3 rings (SSSR count). The summed E-state index contributed by atoms with van der Waals surface area (Å²) >= 11 is 0. The highest BCUT2D eigenvalue weighted by molar-refractivity contribution is 5.92. The summed E-state index contributed by atoms with van der Waals surface area (Å²) in [5.74, 6) is 0.234. The number of halogens is 1. The molecule has 100 valence electrons. The number of anilines is 3. The van der Waals surface area contributed by atoms with Gasteiger partial charge in [0.15, 0.2) is 0 Å². The molecule has 1 aromatic heterocycles. The number of aryl methyl sites for hydroxylation is 1. The van der Waals surface area contributed by atoms with E-state index in [0.717, 1.165) is 16.5 Å². The van der Waals surface area contributed by atoms with Gasteiger partial charge in [-0.2, -0.15) is 0 Å². The Balaban J connectivity index is 2.09. The molecule has 0 spiro atoms. The molecule has 0 amide bonds. The third-order valence-electron chi connectivity index (χ3n) is 3.04. The molecule has 4 nitrogen and oxygen atoms in total.